The predicted molar refractivity (Wildman–Crippen MR) is 36.9 cm³/mol. The molecule has 0 radical (unpaired) electrons. The Hall–Kier alpha value is -0.0151. The second-order valence-corrected chi connectivity index (χ2v) is 2.25. The van der Waals surface area contributed by atoms with Crippen molar-refractivity contribution in [3.05, 3.63) is 0 Å². The molecule has 1 heterocycles. The van der Waals surface area contributed by atoms with E-state index in [1.165, 1.54) is 12.7 Å². The molecule has 2 nitrogen and oxygen atoms in total. The van der Waals surface area contributed by atoms with Gasteiger partial charge in [-0.15, -0.1) is 0 Å². The number of nitrogens with one attached hydrogen (secondary N) is 2. The van der Waals surface area contributed by atoms with Gasteiger partial charge in [0.05, 0.1) is 0 Å². The Kier molecular flexibility index (Phi) is 2.37. The minimum absolute atomic E-state index is 0.611. The van der Waals surface area contributed by atoms with Crippen molar-refractivity contribution in [2.24, 2.45) is 0 Å². The molecular weight excluding hydrogens is 98.9 g/mol. The number of hydrogen-bond acceptors (Lipinski definition) is 2. The summed E-state index contributed by atoms with van der Waals surface area (Å²) in [6.45, 7) is 5.11. The van der Waals surface area contributed by atoms with Crippen LogP contribution in [-0.4, -0.2) is 20.1 Å². The van der Waals surface area contributed by atoms with Crippen LogP contribution >= 0.6 is 0 Å². The van der Waals surface area contributed by atoms with E-state index in [1.807, 2.05) is 0 Å². The van der Waals surface area contributed by atoms with Crippen LogP contribution in [0.4, 0.5) is 0 Å². The fourth-order valence-electron chi connectivity index (χ4n) is 1.06. The van der Waals surface area contributed by atoms with Crippen molar-refractivity contribution in [2.75, 3.05) is 13.1 Å². The van der Waals surface area contributed by atoms with Gasteiger partial charge < -0.3 is 10.5 Å². The average molecular weight is 112 g/mol. The van der Waals surface area contributed by atoms with Gasteiger partial charge in [-0.05, 0) is 19.4 Å². The lowest BCUT2D eigenvalue weighted by Crippen LogP contribution is -2.36. The van der Waals surface area contributed by atoms with Crippen LogP contribution in [0.2, 0.25) is 6.32 Å². The van der Waals surface area contributed by atoms with Crippen LogP contribution in [0.15, 0.2) is 0 Å². The summed E-state index contributed by atoms with van der Waals surface area (Å²) >= 11 is 0. The first kappa shape index (κ1) is 6.11. The lowest BCUT2D eigenvalue weighted by atomic mass is 9.73. The molecular formula is C5H13BN2. The van der Waals surface area contributed by atoms with Gasteiger partial charge in [0.2, 0.25) is 0 Å². The van der Waals surface area contributed by atoms with E-state index in [2.05, 4.69) is 17.4 Å². The first-order valence-corrected chi connectivity index (χ1v) is 3.40. The van der Waals surface area contributed by atoms with E-state index in [0.29, 0.717) is 6.98 Å². The summed E-state index contributed by atoms with van der Waals surface area (Å²) in [5, 5.41) is 6.69. The van der Waals surface area contributed by atoms with E-state index < -0.39 is 0 Å². The Morgan fingerprint density at radius 3 is 2.50 bits per heavy atom. The largest absolute Gasteiger partial charge is 0.341 e. The quantitative estimate of drug-likeness (QED) is 0.494. The molecule has 1 aliphatic heterocycles. The van der Waals surface area contributed by atoms with Crippen molar-refractivity contribution in [2.45, 2.75) is 19.7 Å². The Morgan fingerprint density at radius 1 is 1.38 bits per heavy atom. The standard InChI is InChI=1S/C5H13BN2/c1-2-3-6-7-4-5-8-6/h7-8H,2-5H2,1H3. The molecule has 0 saturated carbocycles. The molecule has 0 aliphatic carbocycles. The highest BCUT2D eigenvalue weighted by molar-refractivity contribution is 6.53. The molecule has 1 rings (SSSR count). The lowest BCUT2D eigenvalue weighted by Gasteiger charge is -2.00. The maximum absolute atomic E-state index is 3.35. The highest BCUT2D eigenvalue weighted by Crippen LogP contribution is 1.92. The van der Waals surface area contributed by atoms with Gasteiger partial charge in [-0.3, -0.25) is 0 Å². The van der Waals surface area contributed by atoms with E-state index in [1.54, 1.807) is 0 Å². The van der Waals surface area contributed by atoms with Crippen LogP contribution in [0.3, 0.4) is 0 Å². The Balaban J connectivity index is 2.06. The molecule has 1 fully saturated rings. The fraction of sp³-hybridized carbons (Fsp3) is 1.00. The summed E-state index contributed by atoms with van der Waals surface area (Å²) in [4.78, 5) is 0. The molecule has 0 aromatic heterocycles. The third-order valence-electron chi connectivity index (χ3n) is 1.48. The maximum atomic E-state index is 3.35. The molecule has 0 aromatic carbocycles. The second-order valence-electron chi connectivity index (χ2n) is 2.25. The first-order valence-electron chi connectivity index (χ1n) is 3.40. The number of hydrogen-bond donors (Lipinski definition) is 2. The van der Waals surface area contributed by atoms with E-state index in [-0.39, 0.29) is 0 Å². The Labute approximate surface area is 51.2 Å². The lowest BCUT2D eigenvalue weighted by molar-refractivity contribution is 0.942. The smallest absolute Gasteiger partial charge is 0.305 e. The molecule has 1 saturated heterocycles. The average Bonchev–Trinajstić information content (AvgIpc) is 2.19. The van der Waals surface area contributed by atoms with Gasteiger partial charge in [0, 0.05) is 0 Å². The van der Waals surface area contributed by atoms with Gasteiger partial charge in [0.1, 0.15) is 0 Å². The minimum atomic E-state index is 0.611. The van der Waals surface area contributed by atoms with Gasteiger partial charge in [-0.2, -0.15) is 0 Å². The second kappa shape index (κ2) is 3.10. The van der Waals surface area contributed by atoms with E-state index >= 15 is 0 Å². The highest BCUT2D eigenvalue weighted by Gasteiger charge is 2.15. The molecule has 0 unspecified atom stereocenters. The molecule has 0 aromatic rings. The molecule has 0 spiro atoms. The van der Waals surface area contributed by atoms with Crippen molar-refractivity contribution in [3.8, 4) is 0 Å². The van der Waals surface area contributed by atoms with Crippen LogP contribution in [-0.2, 0) is 0 Å². The normalized spacial score (nSPS) is 19.9. The first-order chi connectivity index (χ1) is 3.93. The van der Waals surface area contributed by atoms with E-state index in [4.69, 9.17) is 0 Å². The summed E-state index contributed by atoms with van der Waals surface area (Å²) in [6, 6.07) is 0. The van der Waals surface area contributed by atoms with Crippen molar-refractivity contribution in [1.29, 1.82) is 0 Å². The van der Waals surface area contributed by atoms with E-state index in [0.717, 1.165) is 13.1 Å². The summed E-state index contributed by atoms with van der Waals surface area (Å²) in [5.74, 6) is 0. The predicted octanol–water partition coefficient (Wildman–Crippen LogP) is 0.0774. The minimum Gasteiger partial charge on any atom is -0.341 e. The monoisotopic (exact) mass is 112 g/mol. The molecule has 0 bridgehead atoms. The van der Waals surface area contributed by atoms with Crippen molar-refractivity contribution < 1.29 is 0 Å². The fourth-order valence-corrected chi connectivity index (χ4v) is 1.06. The van der Waals surface area contributed by atoms with Crippen LogP contribution < -0.4 is 10.5 Å². The number of rotatable bonds is 2. The van der Waals surface area contributed by atoms with Crippen molar-refractivity contribution in [3.63, 3.8) is 0 Å². The summed E-state index contributed by atoms with van der Waals surface area (Å²) in [6.07, 6.45) is 2.53. The molecule has 8 heavy (non-hydrogen) atoms. The van der Waals surface area contributed by atoms with Gasteiger partial charge in [-0.1, -0.05) is 13.3 Å². The molecule has 0 atom stereocenters. The zero-order chi connectivity index (χ0) is 5.82. The molecule has 1 aliphatic rings. The third-order valence-corrected chi connectivity index (χ3v) is 1.48. The zero-order valence-corrected chi connectivity index (χ0v) is 5.41. The molecule has 2 N–H and O–H groups in total. The SMILES string of the molecule is CCCB1NCCN1. The van der Waals surface area contributed by atoms with Crippen molar-refractivity contribution in [1.82, 2.24) is 10.5 Å². The van der Waals surface area contributed by atoms with Gasteiger partial charge in [0.25, 0.3) is 0 Å². The van der Waals surface area contributed by atoms with Crippen LogP contribution in [0.1, 0.15) is 13.3 Å². The van der Waals surface area contributed by atoms with Crippen molar-refractivity contribution >= 4 is 6.98 Å². The van der Waals surface area contributed by atoms with Crippen LogP contribution in [0.25, 0.3) is 0 Å². The summed E-state index contributed by atoms with van der Waals surface area (Å²) in [5.41, 5.74) is 0. The van der Waals surface area contributed by atoms with Crippen LogP contribution in [0.5, 0.6) is 0 Å². The molecule has 0 amide bonds. The summed E-state index contributed by atoms with van der Waals surface area (Å²) < 4.78 is 0. The molecule has 46 valence electrons. The molecule has 3 heteroatoms. The third kappa shape index (κ3) is 1.49. The van der Waals surface area contributed by atoms with Crippen LogP contribution in [0, 0.1) is 0 Å². The van der Waals surface area contributed by atoms with Gasteiger partial charge in [0.15, 0.2) is 0 Å². The van der Waals surface area contributed by atoms with E-state index in [9.17, 15) is 0 Å². The van der Waals surface area contributed by atoms with Gasteiger partial charge >= 0.3 is 6.98 Å². The highest BCUT2D eigenvalue weighted by atomic mass is 15.0. The zero-order valence-electron chi connectivity index (χ0n) is 5.41. The Morgan fingerprint density at radius 2 is 2.00 bits per heavy atom. The van der Waals surface area contributed by atoms with Gasteiger partial charge in [-0.25, -0.2) is 0 Å². The Bertz CT molecular complexity index is 61.4. The summed E-state index contributed by atoms with van der Waals surface area (Å²) in [7, 11) is 0. The topological polar surface area (TPSA) is 24.1 Å². The maximum Gasteiger partial charge on any atom is 0.305 e.